The Morgan fingerprint density at radius 1 is 1.24 bits per heavy atom. The van der Waals surface area contributed by atoms with E-state index in [0.29, 0.717) is 5.41 Å². The van der Waals surface area contributed by atoms with Crippen LogP contribution in [0.3, 0.4) is 0 Å². The maximum absolute atomic E-state index is 3.70. The van der Waals surface area contributed by atoms with Crippen molar-refractivity contribution in [3.05, 3.63) is 35.9 Å². The number of rotatable bonds is 6. The number of hydrogen-bond acceptors (Lipinski definition) is 1. The zero-order valence-electron chi connectivity index (χ0n) is 10.8. The molecule has 1 N–H and O–H groups in total. The van der Waals surface area contributed by atoms with Crippen molar-refractivity contribution in [2.24, 2.45) is 5.92 Å². The summed E-state index contributed by atoms with van der Waals surface area (Å²) in [6.45, 7) is 3.55. The minimum atomic E-state index is 0.512. The van der Waals surface area contributed by atoms with Gasteiger partial charge in [0.2, 0.25) is 0 Å². The molecule has 92 valence electrons. The van der Waals surface area contributed by atoms with Gasteiger partial charge < -0.3 is 5.32 Å². The van der Waals surface area contributed by atoms with Crippen molar-refractivity contribution in [3.63, 3.8) is 0 Å². The minimum Gasteiger partial charge on any atom is -0.314 e. The van der Waals surface area contributed by atoms with Crippen LogP contribution in [0.2, 0.25) is 0 Å². The average Bonchev–Trinajstić information content (AvgIpc) is 3.24. The highest BCUT2D eigenvalue weighted by Gasteiger charge is 2.53. The van der Waals surface area contributed by atoms with Crippen LogP contribution in [0.25, 0.3) is 0 Å². The molecule has 0 heterocycles. The van der Waals surface area contributed by atoms with E-state index in [2.05, 4.69) is 42.6 Å². The number of hydrogen-bond donors (Lipinski definition) is 1. The molecule has 1 aromatic rings. The average molecular weight is 229 g/mol. The maximum Gasteiger partial charge on any atom is 0.00683 e. The third-order valence-electron chi connectivity index (χ3n) is 4.51. The van der Waals surface area contributed by atoms with Gasteiger partial charge in [0.25, 0.3) is 0 Å². The minimum absolute atomic E-state index is 0.512. The van der Waals surface area contributed by atoms with Crippen molar-refractivity contribution in [1.29, 1.82) is 0 Å². The second-order valence-corrected chi connectivity index (χ2v) is 5.86. The van der Waals surface area contributed by atoms with Crippen LogP contribution in [0.1, 0.15) is 44.6 Å². The van der Waals surface area contributed by atoms with E-state index in [-0.39, 0.29) is 0 Å². The van der Waals surface area contributed by atoms with Gasteiger partial charge in [0.15, 0.2) is 0 Å². The molecule has 3 rings (SSSR count). The first-order chi connectivity index (χ1) is 8.35. The Labute approximate surface area is 105 Å². The molecule has 2 atom stereocenters. The molecule has 0 aliphatic heterocycles. The van der Waals surface area contributed by atoms with E-state index in [9.17, 15) is 0 Å². The van der Waals surface area contributed by atoms with Crippen molar-refractivity contribution < 1.29 is 0 Å². The molecule has 1 nitrogen and oxygen atoms in total. The van der Waals surface area contributed by atoms with Crippen molar-refractivity contribution in [3.8, 4) is 0 Å². The summed E-state index contributed by atoms with van der Waals surface area (Å²) in [7, 11) is 0. The summed E-state index contributed by atoms with van der Waals surface area (Å²) in [4.78, 5) is 0. The Bertz CT molecular complexity index is 368. The molecule has 0 amide bonds. The standard InChI is InChI=1S/C16H23N/c1-2-10-16(13-6-4-3-5-7-13)11-14(16)12-17-15-8-9-15/h3-7,14-15,17H,2,8-12H2,1H3. The van der Waals surface area contributed by atoms with Gasteiger partial charge in [0, 0.05) is 6.04 Å². The van der Waals surface area contributed by atoms with Crippen LogP contribution in [0.15, 0.2) is 30.3 Å². The molecule has 2 aliphatic rings. The molecule has 0 aromatic heterocycles. The van der Waals surface area contributed by atoms with Crippen LogP contribution in [0.4, 0.5) is 0 Å². The summed E-state index contributed by atoms with van der Waals surface area (Å²) in [6.07, 6.45) is 6.85. The van der Waals surface area contributed by atoms with Crippen LogP contribution in [0, 0.1) is 5.92 Å². The van der Waals surface area contributed by atoms with E-state index in [1.165, 1.54) is 38.6 Å². The summed E-state index contributed by atoms with van der Waals surface area (Å²) in [6, 6.07) is 12.0. The Hall–Kier alpha value is -0.820. The predicted octanol–water partition coefficient (Wildman–Crippen LogP) is 3.50. The predicted molar refractivity (Wildman–Crippen MR) is 72.2 cm³/mol. The van der Waals surface area contributed by atoms with E-state index in [1.807, 2.05) is 0 Å². The quantitative estimate of drug-likeness (QED) is 0.787. The van der Waals surface area contributed by atoms with Gasteiger partial charge in [-0.15, -0.1) is 0 Å². The summed E-state index contributed by atoms with van der Waals surface area (Å²) < 4.78 is 0. The highest BCUT2D eigenvalue weighted by molar-refractivity contribution is 5.33. The first kappa shape index (κ1) is 11.3. The summed E-state index contributed by atoms with van der Waals surface area (Å²) in [5, 5.41) is 3.70. The van der Waals surface area contributed by atoms with Crippen LogP contribution >= 0.6 is 0 Å². The monoisotopic (exact) mass is 229 g/mol. The van der Waals surface area contributed by atoms with Crippen molar-refractivity contribution in [2.75, 3.05) is 6.54 Å². The summed E-state index contributed by atoms with van der Waals surface area (Å²) >= 11 is 0. The maximum atomic E-state index is 3.70. The van der Waals surface area contributed by atoms with Crippen LogP contribution in [-0.2, 0) is 5.41 Å². The Kier molecular flexibility index (Phi) is 2.96. The fourth-order valence-corrected chi connectivity index (χ4v) is 3.26. The zero-order valence-corrected chi connectivity index (χ0v) is 10.8. The Morgan fingerprint density at radius 3 is 2.65 bits per heavy atom. The molecular formula is C16H23N. The number of benzene rings is 1. The highest BCUT2D eigenvalue weighted by atomic mass is 15.0. The van der Waals surface area contributed by atoms with Gasteiger partial charge in [-0.3, -0.25) is 0 Å². The largest absolute Gasteiger partial charge is 0.314 e. The molecule has 1 aromatic carbocycles. The zero-order chi connectivity index (χ0) is 11.7. The van der Waals surface area contributed by atoms with E-state index in [0.717, 1.165) is 12.0 Å². The SMILES string of the molecule is CCCC1(c2ccccc2)CC1CNC1CC1. The lowest BCUT2D eigenvalue weighted by molar-refractivity contribution is 0.514. The highest BCUT2D eigenvalue weighted by Crippen LogP contribution is 2.57. The molecule has 2 aliphatic carbocycles. The summed E-state index contributed by atoms with van der Waals surface area (Å²) in [5.41, 5.74) is 2.09. The molecule has 0 bridgehead atoms. The van der Waals surface area contributed by atoms with Crippen molar-refractivity contribution in [2.45, 2.75) is 50.5 Å². The van der Waals surface area contributed by atoms with Crippen LogP contribution < -0.4 is 5.32 Å². The second kappa shape index (κ2) is 4.45. The van der Waals surface area contributed by atoms with E-state index in [4.69, 9.17) is 0 Å². The smallest absolute Gasteiger partial charge is 0.00683 e. The fraction of sp³-hybridized carbons (Fsp3) is 0.625. The van der Waals surface area contributed by atoms with E-state index >= 15 is 0 Å². The normalized spacial score (nSPS) is 31.5. The number of nitrogens with one attached hydrogen (secondary N) is 1. The molecule has 0 radical (unpaired) electrons. The van der Waals surface area contributed by atoms with Crippen LogP contribution in [0.5, 0.6) is 0 Å². The second-order valence-electron chi connectivity index (χ2n) is 5.86. The van der Waals surface area contributed by atoms with Crippen molar-refractivity contribution >= 4 is 0 Å². The molecule has 2 unspecified atom stereocenters. The van der Waals surface area contributed by atoms with Gasteiger partial charge in [-0.2, -0.15) is 0 Å². The fourth-order valence-electron chi connectivity index (χ4n) is 3.26. The van der Waals surface area contributed by atoms with E-state index in [1.54, 1.807) is 5.56 Å². The molecule has 2 fully saturated rings. The first-order valence-corrected chi connectivity index (χ1v) is 7.14. The van der Waals surface area contributed by atoms with E-state index < -0.39 is 0 Å². The van der Waals surface area contributed by atoms with Crippen LogP contribution in [-0.4, -0.2) is 12.6 Å². The van der Waals surface area contributed by atoms with Gasteiger partial charge >= 0.3 is 0 Å². The summed E-state index contributed by atoms with van der Waals surface area (Å²) in [5.74, 6) is 0.880. The first-order valence-electron chi connectivity index (χ1n) is 7.14. The molecule has 2 saturated carbocycles. The molecule has 1 heteroatoms. The molecule has 0 saturated heterocycles. The third-order valence-corrected chi connectivity index (χ3v) is 4.51. The van der Waals surface area contributed by atoms with Gasteiger partial charge in [-0.25, -0.2) is 0 Å². The van der Waals surface area contributed by atoms with Gasteiger partial charge in [0.1, 0.15) is 0 Å². The van der Waals surface area contributed by atoms with Gasteiger partial charge in [-0.1, -0.05) is 43.7 Å². The topological polar surface area (TPSA) is 12.0 Å². The molecule has 0 spiro atoms. The third kappa shape index (κ3) is 2.26. The molecule has 17 heavy (non-hydrogen) atoms. The lowest BCUT2D eigenvalue weighted by Crippen LogP contribution is -2.23. The lowest BCUT2D eigenvalue weighted by Gasteiger charge is -2.17. The van der Waals surface area contributed by atoms with Gasteiger partial charge in [0.05, 0.1) is 0 Å². The van der Waals surface area contributed by atoms with Gasteiger partial charge in [-0.05, 0) is 49.1 Å². The Morgan fingerprint density at radius 2 is 2.00 bits per heavy atom. The van der Waals surface area contributed by atoms with Crippen molar-refractivity contribution in [1.82, 2.24) is 5.32 Å². The molecular weight excluding hydrogens is 206 g/mol. The lowest BCUT2D eigenvalue weighted by atomic mass is 9.88. The Balaban J connectivity index is 1.67.